The van der Waals surface area contributed by atoms with Crippen LogP contribution < -0.4 is 0 Å². The minimum atomic E-state index is -0.839. The molecule has 1 N–H and O–H groups in total. The summed E-state index contributed by atoms with van der Waals surface area (Å²) in [5.74, 6) is -0.839. The highest BCUT2D eigenvalue weighted by atomic mass is 79.9. The van der Waals surface area contributed by atoms with E-state index >= 15 is 0 Å². The molecule has 20 heavy (non-hydrogen) atoms. The first kappa shape index (κ1) is 14.8. The molecule has 0 aliphatic carbocycles. The number of rotatable bonds is 5. The summed E-state index contributed by atoms with van der Waals surface area (Å²) in [6.45, 7) is 0.575. The summed E-state index contributed by atoms with van der Waals surface area (Å²) in [7, 11) is 1.83. The number of halogens is 1. The zero-order valence-corrected chi connectivity index (χ0v) is 12.7. The first-order valence-corrected chi connectivity index (χ1v) is 7.09. The summed E-state index contributed by atoms with van der Waals surface area (Å²) in [5.41, 5.74) is 1.86. The molecule has 0 radical (unpaired) electrons. The molecule has 0 amide bonds. The molecular weight excluding hydrogens is 318 g/mol. The number of carboxylic acids is 1. The van der Waals surface area contributed by atoms with E-state index in [2.05, 4.69) is 15.9 Å². The van der Waals surface area contributed by atoms with Crippen molar-refractivity contribution in [2.75, 3.05) is 7.05 Å². The summed E-state index contributed by atoms with van der Waals surface area (Å²) in [6, 6.07) is 16.5. The third-order valence-corrected chi connectivity index (χ3v) is 3.60. The molecule has 0 fully saturated rings. The number of carbonyl (C=O) groups is 1. The van der Waals surface area contributed by atoms with E-state index in [1.54, 1.807) is 0 Å². The van der Waals surface area contributed by atoms with Gasteiger partial charge in [0, 0.05) is 11.0 Å². The maximum absolute atomic E-state index is 11.5. The van der Waals surface area contributed by atoms with Crippen molar-refractivity contribution in [3.63, 3.8) is 0 Å². The molecule has 0 bridgehead atoms. The lowest BCUT2D eigenvalue weighted by molar-refractivity contribution is -0.143. The molecule has 2 aromatic carbocycles. The Bertz CT molecular complexity index is 586. The molecule has 1 unspecified atom stereocenters. The van der Waals surface area contributed by atoms with E-state index in [9.17, 15) is 9.90 Å². The van der Waals surface area contributed by atoms with Crippen molar-refractivity contribution in [1.82, 2.24) is 4.90 Å². The van der Waals surface area contributed by atoms with Gasteiger partial charge in [-0.1, -0.05) is 58.4 Å². The van der Waals surface area contributed by atoms with Crippen LogP contribution in [0.3, 0.4) is 0 Å². The van der Waals surface area contributed by atoms with Crippen LogP contribution in [0.4, 0.5) is 0 Å². The normalized spacial score (nSPS) is 12.3. The van der Waals surface area contributed by atoms with Gasteiger partial charge in [0.15, 0.2) is 0 Å². The van der Waals surface area contributed by atoms with Crippen molar-refractivity contribution in [3.8, 4) is 0 Å². The van der Waals surface area contributed by atoms with E-state index in [0.29, 0.717) is 6.54 Å². The number of likely N-dealkylation sites (N-methyl/N-ethyl adjacent to an activating group) is 1. The fraction of sp³-hybridized carbons (Fsp3) is 0.188. The topological polar surface area (TPSA) is 40.5 Å². The lowest BCUT2D eigenvalue weighted by Crippen LogP contribution is -2.30. The van der Waals surface area contributed by atoms with Gasteiger partial charge in [0.05, 0.1) is 0 Å². The van der Waals surface area contributed by atoms with Gasteiger partial charge in [-0.15, -0.1) is 0 Å². The third kappa shape index (κ3) is 3.68. The lowest BCUT2D eigenvalue weighted by Gasteiger charge is -2.25. The Morgan fingerprint density at radius 1 is 1.20 bits per heavy atom. The monoisotopic (exact) mass is 333 g/mol. The predicted molar refractivity (Wildman–Crippen MR) is 82.4 cm³/mol. The first-order valence-electron chi connectivity index (χ1n) is 6.30. The highest BCUT2D eigenvalue weighted by molar-refractivity contribution is 9.10. The number of nitrogens with zero attached hydrogens (tertiary/aromatic N) is 1. The highest BCUT2D eigenvalue weighted by Crippen LogP contribution is 2.22. The van der Waals surface area contributed by atoms with Crippen LogP contribution in [-0.4, -0.2) is 23.0 Å². The van der Waals surface area contributed by atoms with Crippen molar-refractivity contribution in [2.45, 2.75) is 12.6 Å². The second-order valence-corrected chi connectivity index (χ2v) is 5.61. The second kappa shape index (κ2) is 6.68. The Morgan fingerprint density at radius 3 is 2.50 bits per heavy atom. The Labute approximate surface area is 127 Å². The standard InChI is InChI=1S/C16H16BrNO2/c1-18(11-12-6-5-9-14(17)10-12)15(16(19)20)13-7-3-2-4-8-13/h2-10,15H,11H2,1H3,(H,19,20). The molecule has 2 rings (SSSR count). The zero-order chi connectivity index (χ0) is 14.5. The molecular formula is C16H16BrNO2. The van der Waals surface area contributed by atoms with Crippen molar-refractivity contribution in [2.24, 2.45) is 0 Å². The lowest BCUT2D eigenvalue weighted by atomic mass is 10.1. The smallest absolute Gasteiger partial charge is 0.325 e. The fourth-order valence-corrected chi connectivity index (χ4v) is 2.68. The number of hydrogen-bond acceptors (Lipinski definition) is 2. The minimum Gasteiger partial charge on any atom is -0.480 e. The molecule has 4 heteroatoms. The Morgan fingerprint density at radius 2 is 1.90 bits per heavy atom. The molecule has 3 nitrogen and oxygen atoms in total. The summed E-state index contributed by atoms with van der Waals surface area (Å²) in [5, 5.41) is 9.48. The van der Waals surface area contributed by atoms with Crippen molar-refractivity contribution in [1.29, 1.82) is 0 Å². The Hall–Kier alpha value is -1.65. The van der Waals surface area contributed by atoms with Crippen LogP contribution in [0, 0.1) is 0 Å². The van der Waals surface area contributed by atoms with Gasteiger partial charge in [0.25, 0.3) is 0 Å². The van der Waals surface area contributed by atoms with Crippen LogP contribution in [0.15, 0.2) is 59.1 Å². The number of aliphatic carboxylic acids is 1. The number of carboxylic acid groups (broad SMARTS) is 1. The molecule has 0 spiro atoms. The van der Waals surface area contributed by atoms with E-state index in [4.69, 9.17) is 0 Å². The van der Waals surface area contributed by atoms with Crippen LogP contribution in [0.2, 0.25) is 0 Å². The van der Waals surface area contributed by atoms with Gasteiger partial charge in [0.2, 0.25) is 0 Å². The molecule has 0 aromatic heterocycles. The molecule has 1 atom stereocenters. The van der Waals surface area contributed by atoms with E-state index in [0.717, 1.165) is 15.6 Å². The van der Waals surface area contributed by atoms with Gasteiger partial charge >= 0.3 is 5.97 Å². The summed E-state index contributed by atoms with van der Waals surface area (Å²) >= 11 is 3.43. The van der Waals surface area contributed by atoms with Gasteiger partial charge in [0.1, 0.15) is 6.04 Å². The third-order valence-electron chi connectivity index (χ3n) is 3.11. The van der Waals surface area contributed by atoms with E-state index in [-0.39, 0.29) is 0 Å². The zero-order valence-electron chi connectivity index (χ0n) is 11.2. The second-order valence-electron chi connectivity index (χ2n) is 4.70. The summed E-state index contributed by atoms with van der Waals surface area (Å²) < 4.78 is 0.995. The van der Waals surface area contributed by atoms with Crippen molar-refractivity contribution in [3.05, 3.63) is 70.2 Å². The van der Waals surface area contributed by atoms with Gasteiger partial charge < -0.3 is 5.11 Å². The predicted octanol–water partition coefficient (Wildman–Crippen LogP) is 3.71. The number of benzene rings is 2. The average Bonchev–Trinajstić information content (AvgIpc) is 2.39. The van der Waals surface area contributed by atoms with Crippen LogP contribution in [0.5, 0.6) is 0 Å². The largest absolute Gasteiger partial charge is 0.480 e. The van der Waals surface area contributed by atoms with Crippen molar-refractivity contribution < 1.29 is 9.90 Å². The maximum atomic E-state index is 11.5. The Balaban J connectivity index is 2.20. The van der Waals surface area contributed by atoms with Gasteiger partial charge in [-0.2, -0.15) is 0 Å². The van der Waals surface area contributed by atoms with Crippen molar-refractivity contribution >= 4 is 21.9 Å². The molecule has 0 saturated carbocycles. The van der Waals surface area contributed by atoms with E-state index < -0.39 is 12.0 Å². The van der Waals surface area contributed by atoms with E-state index in [1.807, 2.05) is 66.5 Å². The SMILES string of the molecule is CN(Cc1cccc(Br)c1)C(C(=O)O)c1ccccc1. The van der Waals surface area contributed by atoms with Crippen LogP contribution >= 0.6 is 15.9 Å². The van der Waals surface area contributed by atoms with Gasteiger partial charge in [-0.25, -0.2) is 0 Å². The van der Waals surface area contributed by atoms with Crippen LogP contribution in [0.25, 0.3) is 0 Å². The van der Waals surface area contributed by atoms with Crippen LogP contribution in [0.1, 0.15) is 17.2 Å². The fourth-order valence-electron chi connectivity index (χ4n) is 2.24. The molecule has 0 aliphatic heterocycles. The van der Waals surface area contributed by atoms with Gasteiger partial charge in [-0.05, 0) is 30.3 Å². The average molecular weight is 334 g/mol. The number of hydrogen-bond donors (Lipinski definition) is 1. The molecule has 0 aliphatic rings. The summed E-state index contributed by atoms with van der Waals surface area (Å²) in [4.78, 5) is 13.4. The van der Waals surface area contributed by atoms with Crippen LogP contribution in [-0.2, 0) is 11.3 Å². The summed E-state index contributed by atoms with van der Waals surface area (Å²) in [6.07, 6.45) is 0. The highest BCUT2D eigenvalue weighted by Gasteiger charge is 2.24. The maximum Gasteiger partial charge on any atom is 0.325 e. The molecule has 0 saturated heterocycles. The minimum absolute atomic E-state index is 0.575. The van der Waals surface area contributed by atoms with Gasteiger partial charge in [-0.3, -0.25) is 9.69 Å². The first-order chi connectivity index (χ1) is 9.58. The Kier molecular flexibility index (Phi) is 4.93. The molecule has 0 heterocycles. The van der Waals surface area contributed by atoms with E-state index in [1.165, 1.54) is 0 Å². The quantitative estimate of drug-likeness (QED) is 0.906. The molecule has 2 aromatic rings. The molecule has 104 valence electrons.